The molecule has 2 fully saturated rings. The summed E-state index contributed by atoms with van der Waals surface area (Å²) in [6.07, 6.45) is 6.68. The predicted molar refractivity (Wildman–Crippen MR) is 89.6 cm³/mol. The fourth-order valence-electron chi connectivity index (χ4n) is 5.87. The van der Waals surface area contributed by atoms with Crippen LogP contribution in [0.1, 0.15) is 61.5 Å². The molecule has 0 aromatic heterocycles. The molecule has 1 aromatic rings. The molecule has 0 bridgehead atoms. The van der Waals surface area contributed by atoms with Crippen LogP contribution in [-0.4, -0.2) is 30.0 Å². The Morgan fingerprint density at radius 1 is 1.04 bits per heavy atom. The summed E-state index contributed by atoms with van der Waals surface area (Å²) in [5, 5.41) is 20.2. The van der Waals surface area contributed by atoms with Gasteiger partial charge in [-0.2, -0.15) is 0 Å². The van der Waals surface area contributed by atoms with Crippen LogP contribution in [-0.2, 0) is 4.74 Å². The number of hydrogen-bond acceptors (Lipinski definition) is 3. The molecule has 0 radical (unpaired) electrons. The van der Waals surface area contributed by atoms with E-state index >= 15 is 0 Å². The molecule has 2 N–H and O–H groups in total. The van der Waals surface area contributed by atoms with E-state index in [1.165, 1.54) is 30.4 Å². The van der Waals surface area contributed by atoms with Crippen molar-refractivity contribution in [3.05, 3.63) is 29.3 Å². The molecular weight excluding hydrogens is 288 g/mol. The molecule has 1 aromatic carbocycles. The SMILES string of the molecule is COCC[C@@H]1C[C@@H]2[C@H](CCC3[C@H]2CC[C@@H]3O)c2ccc(O)cc21. The number of hydrogen-bond donors (Lipinski definition) is 2. The van der Waals surface area contributed by atoms with Crippen molar-refractivity contribution in [2.45, 2.75) is 56.5 Å². The lowest BCUT2D eigenvalue weighted by Gasteiger charge is -2.47. The summed E-state index contributed by atoms with van der Waals surface area (Å²) in [6, 6.07) is 6.00. The maximum Gasteiger partial charge on any atom is 0.115 e. The Morgan fingerprint density at radius 2 is 1.87 bits per heavy atom. The summed E-state index contributed by atoms with van der Waals surface area (Å²) < 4.78 is 5.33. The highest BCUT2D eigenvalue weighted by atomic mass is 16.5. The van der Waals surface area contributed by atoms with Crippen LogP contribution in [0.25, 0.3) is 0 Å². The summed E-state index contributed by atoms with van der Waals surface area (Å²) in [6.45, 7) is 0.772. The summed E-state index contributed by atoms with van der Waals surface area (Å²) in [5.74, 6) is 3.40. The normalized spacial score (nSPS) is 38.7. The number of fused-ring (bicyclic) bond motifs is 5. The zero-order chi connectivity index (χ0) is 16.0. The molecule has 0 spiro atoms. The Balaban J connectivity index is 1.68. The van der Waals surface area contributed by atoms with E-state index in [1.54, 1.807) is 7.11 Å². The quantitative estimate of drug-likeness (QED) is 0.892. The van der Waals surface area contributed by atoms with E-state index in [0.29, 0.717) is 35.3 Å². The first kappa shape index (κ1) is 15.5. The number of rotatable bonds is 3. The van der Waals surface area contributed by atoms with Gasteiger partial charge in [0.25, 0.3) is 0 Å². The molecule has 3 aliphatic carbocycles. The van der Waals surface area contributed by atoms with Gasteiger partial charge in [-0.15, -0.1) is 0 Å². The van der Waals surface area contributed by atoms with Crippen molar-refractivity contribution in [2.75, 3.05) is 13.7 Å². The van der Waals surface area contributed by atoms with Crippen molar-refractivity contribution in [1.82, 2.24) is 0 Å². The highest BCUT2D eigenvalue weighted by Crippen LogP contribution is 2.58. The average Bonchev–Trinajstić information content (AvgIpc) is 2.94. The second-order valence-corrected chi connectivity index (χ2v) is 7.85. The Hall–Kier alpha value is -1.06. The molecule has 4 rings (SSSR count). The first-order valence-electron chi connectivity index (χ1n) is 9.19. The molecule has 23 heavy (non-hydrogen) atoms. The highest BCUT2D eigenvalue weighted by Gasteiger charge is 2.48. The van der Waals surface area contributed by atoms with E-state index < -0.39 is 0 Å². The van der Waals surface area contributed by atoms with Crippen molar-refractivity contribution in [1.29, 1.82) is 0 Å². The summed E-state index contributed by atoms with van der Waals surface area (Å²) in [4.78, 5) is 0. The van der Waals surface area contributed by atoms with E-state index in [4.69, 9.17) is 4.74 Å². The van der Waals surface area contributed by atoms with Crippen molar-refractivity contribution in [2.24, 2.45) is 17.8 Å². The van der Waals surface area contributed by atoms with Crippen molar-refractivity contribution >= 4 is 0 Å². The van der Waals surface area contributed by atoms with Crippen LogP contribution in [0.5, 0.6) is 5.75 Å². The minimum atomic E-state index is -0.0698. The number of aliphatic hydroxyl groups is 1. The molecule has 0 aliphatic heterocycles. The number of phenolic OH excluding ortho intramolecular Hbond substituents is 1. The number of aliphatic hydroxyl groups excluding tert-OH is 1. The fourth-order valence-corrected chi connectivity index (χ4v) is 5.87. The standard InChI is InChI=1S/C20H28O3/c1-23-9-8-12-10-19-15(14-3-2-13(21)11-18(12)14)4-5-17-16(19)6-7-20(17)22/h2-3,11-12,15-17,19-22H,4-10H2,1H3/t12-,15-,16-,17?,19-,20+/m1/s1. The van der Waals surface area contributed by atoms with Gasteiger partial charge in [0.05, 0.1) is 6.10 Å². The Morgan fingerprint density at radius 3 is 2.70 bits per heavy atom. The number of methoxy groups -OCH3 is 1. The van der Waals surface area contributed by atoms with Crippen LogP contribution < -0.4 is 0 Å². The predicted octanol–water partition coefficient (Wildman–Crippen LogP) is 3.80. The van der Waals surface area contributed by atoms with Crippen LogP contribution in [0.2, 0.25) is 0 Å². The first-order chi connectivity index (χ1) is 11.2. The van der Waals surface area contributed by atoms with Gasteiger partial charge < -0.3 is 14.9 Å². The Bertz CT molecular complexity index is 570. The van der Waals surface area contributed by atoms with E-state index in [9.17, 15) is 10.2 Å². The minimum Gasteiger partial charge on any atom is -0.508 e. The summed E-state index contributed by atoms with van der Waals surface area (Å²) in [5.41, 5.74) is 2.81. The minimum absolute atomic E-state index is 0.0698. The van der Waals surface area contributed by atoms with Gasteiger partial charge >= 0.3 is 0 Å². The second-order valence-electron chi connectivity index (χ2n) is 7.85. The topological polar surface area (TPSA) is 49.7 Å². The van der Waals surface area contributed by atoms with Gasteiger partial charge in [-0.3, -0.25) is 0 Å². The molecule has 0 saturated heterocycles. The Labute approximate surface area is 138 Å². The van der Waals surface area contributed by atoms with Gasteiger partial charge in [0.15, 0.2) is 0 Å². The average molecular weight is 316 g/mol. The third kappa shape index (κ3) is 2.58. The molecule has 0 heterocycles. The van der Waals surface area contributed by atoms with Crippen LogP contribution in [0.4, 0.5) is 0 Å². The van der Waals surface area contributed by atoms with Crippen molar-refractivity contribution < 1.29 is 14.9 Å². The fraction of sp³-hybridized carbons (Fsp3) is 0.700. The largest absolute Gasteiger partial charge is 0.508 e. The lowest BCUT2D eigenvalue weighted by molar-refractivity contribution is 0.0508. The third-order valence-corrected chi connectivity index (χ3v) is 6.85. The summed E-state index contributed by atoms with van der Waals surface area (Å²) >= 11 is 0. The zero-order valence-electron chi connectivity index (χ0n) is 13.9. The molecule has 0 amide bonds. The molecule has 3 aliphatic rings. The molecule has 6 atom stereocenters. The first-order valence-corrected chi connectivity index (χ1v) is 9.19. The monoisotopic (exact) mass is 316 g/mol. The number of aromatic hydroxyl groups is 1. The number of benzene rings is 1. The number of phenols is 1. The van der Waals surface area contributed by atoms with Gasteiger partial charge in [0, 0.05) is 13.7 Å². The van der Waals surface area contributed by atoms with Gasteiger partial charge in [0.2, 0.25) is 0 Å². The number of ether oxygens (including phenoxy) is 1. The van der Waals surface area contributed by atoms with Crippen LogP contribution >= 0.6 is 0 Å². The highest BCUT2D eigenvalue weighted by molar-refractivity contribution is 5.42. The molecular formula is C20H28O3. The van der Waals surface area contributed by atoms with E-state index in [-0.39, 0.29) is 6.10 Å². The van der Waals surface area contributed by atoms with Crippen molar-refractivity contribution in [3.8, 4) is 5.75 Å². The van der Waals surface area contributed by atoms with Gasteiger partial charge in [-0.1, -0.05) is 6.07 Å². The third-order valence-electron chi connectivity index (χ3n) is 6.85. The van der Waals surface area contributed by atoms with Crippen LogP contribution in [0.15, 0.2) is 18.2 Å². The molecule has 3 nitrogen and oxygen atoms in total. The van der Waals surface area contributed by atoms with Gasteiger partial charge in [-0.05, 0) is 91.4 Å². The maximum atomic E-state index is 10.3. The lowest BCUT2D eigenvalue weighted by atomic mass is 9.58. The van der Waals surface area contributed by atoms with Crippen LogP contribution in [0, 0.1) is 17.8 Å². The molecule has 3 heteroatoms. The van der Waals surface area contributed by atoms with E-state index in [0.717, 1.165) is 25.9 Å². The molecule has 1 unspecified atom stereocenters. The van der Waals surface area contributed by atoms with Gasteiger partial charge in [-0.25, -0.2) is 0 Å². The van der Waals surface area contributed by atoms with E-state index in [1.807, 2.05) is 12.1 Å². The molecule has 2 saturated carbocycles. The maximum absolute atomic E-state index is 10.3. The van der Waals surface area contributed by atoms with Crippen molar-refractivity contribution in [3.63, 3.8) is 0 Å². The smallest absolute Gasteiger partial charge is 0.115 e. The summed E-state index contributed by atoms with van der Waals surface area (Å²) in [7, 11) is 1.76. The van der Waals surface area contributed by atoms with Gasteiger partial charge in [0.1, 0.15) is 5.75 Å². The van der Waals surface area contributed by atoms with Crippen LogP contribution in [0.3, 0.4) is 0 Å². The second kappa shape index (κ2) is 6.10. The van der Waals surface area contributed by atoms with E-state index in [2.05, 4.69) is 6.07 Å². The zero-order valence-corrected chi connectivity index (χ0v) is 13.9. The molecule has 126 valence electrons. The Kier molecular flexibility index (Phi) is 4.10. The lowest BCUT2D eigenvalue weighted by Crippen LogP contribution is -2.38.